The van der Waals surface area contributed by atoms with Gasteiger partial charge in [-0.2, -0.15) is 0 Å². The number of piperazine rings is 1. The average Bonchev–Trinajstić information content (AvgIpc) is 3.23. The van der Waals surface area contributed by atoms with E-state index in [9.17, 15) is 14.6 Å². The Bertz CT molecular complexity index is 1090. The minimum atomic E-state index is -1.50. The first-order valence-corrected chi connectivity index (χ1v) is 13.7. The van der Waals surface area contributed by atoms with E-state index in [0.717, 1.165) is 18.8 Å². The number of morpholine rings is 1. The summed E-state index contributed by atoms with van der Waals surface area (Å²) in [6.45, 7) is 9.86. The second kappa shape index (κ2) is 9.99. The number of hydrogen-bond donors (Lipinski definition) is 0. The van der Waals surface area contributed by atoms with Crippen LogP contribution in [0.15, 0.2) is 36.4 Å². The fourth-order valence-corrected chi connectivity index (χ4v) is 6.70. The lowest BCUT2D eigenvalue weighted by atomic mass is 10.1. The molecule has 0 aromatic heterocycles. The summed E-state index contributed by atoms with van der Waals surface area (Å²) in [4.78, 5) is 20.1. The second-order valence-electron chi connectivity index (χ2n) is 9.65. The highest BCUT2D eigenvalue weighted by molar-refractivity contribution is 7.91. The first kappa shape index (κ1) is 24.4. The molecule has 5 rings (SSSR count). The Labute approximate surface area is 210 Å². The average molecular weight is 499 g/mol. The molecule has 0 bridgehead atoms. The Morgan fingerprint density at radius 2 is 1.66 bits per heavy atom. The minimum absolute atomic E-state index is 0.0155. The molecule has 0 saturated carbocycles. The molecule has 0 aliphatic carbocycles. The number of quaternary nitrogens is 1. The van der Waals surface area contributed by atoms with Crippen LogP contribution in [0.5, 0.6) is 0 Å². The predicted molar refractivity (Wildman–Crippen MR) is 141 cm³/mol. The van der Waals surface area contributed by atoms with Gasteiger partial charge >= 0.3 is 0 Å². The molecule has 0 spiro atoms. The van der Waals surface area contributed by atoms with Crippen molar-refractivity contribution in [3.05, 3.63) is 58.3 Å². The molecule has 3 saturated heterocycles. The summed E-state index contributed by atoms with van der Waals surface area (Å²) in [6.07, 6.45) is 0.647. The molecule has 0 N–H and O–H groups in total. The number of nitrogens with zero attached hydrogens (tertiary/aromatic N) is 4. The molecule has 2 unspecified atom stereocenters. The molecule has 3 aliphatic rings. The maximum Gasteiger partial charge on any atom is 0.256 e. The van der Waals surface area contributed by atoms with Crippen LogP contribution in [0.25, 0.3) is 0 Å². The Balaban J connectivity index is 1.38. The summed E-state index contributed by atoms with van der Waals surface area (Å²) in [7, 11) is 0. The number of anilines is 2. The van der Waals surface area contributed by atoms with Crippen molar-refractivity contribution in [2.24, 2.45) is 0 Å². The van der Waals surface area contributed by atoms with Gasteiger partial charge in [-0.3, -0.25) is 4.79 Å². The molecule has 2 atom stereocenters. The zero-order chi connectivity index (χ0) is 24.6. The number of benzene rings is 2. The van der Waals surface area contributed by atoms with E-state index in [4.69, 9.17) is 4.74 Å². The van der Waals surface area contributed by atoms with Crippen LogP contribution in [0, 0.1) is 19.1 Å². The van der Waals surface area contributed by atoms with E-state index in [0.29, 0.717) is 69.4 Å². The Morgan fingerprint density at radius 1 is 0.943 bits per heavy atom. The number of hydrogen-bond acceptors (Lipinski definition) is 6. The fraction of sp³-hybridized carbons (Fsp3) is 0.500. The second-order valence-corrected chi connectivity index (χ2v) is 11.3. The van der Waals surface area contributed by atoms with Crippen molar-refractivity contribution in [3.63, 3.8) is 0 Å². The monoisotopic (exact) mass is 498 g/mol. The van der Waals surface area contributed by atoms with Gasteiger partial charge in [0.05, 0.1) is 30.9 Å². The Hall–Kier alpha value is -2.30. The standard InChI is InChI=1S/C26H34N4O4S/c1-20-4-7-24(21(2)18-20)27-8-10-29(11-9-27)26(31)23-6-5-22(30(32)14-3-17-35(30)33)19-25(23)28-12-15-34-16-13-28/h4-7,18-19H,3,8-17H2,1-2H3. The molecule has 2 aromatic rings. The van der Waals surface area contributed by atoms with E-state index < -0.39 is 15.4 Å². The van der Waals surface area contributed by atoms with E-state index in [-0.39, 0.29) is 5.91 Å². The number of aryl methyl sites for hydroxylation is 2. The van der Waals surface area contributed by atoms with E-state index in [1.54, 1.807) is 18.2 Å². The lowest BCUT2D eigenvalue weighted by Gasteiger charge is -2.38. The van der Waals surface area contributed by atoms with Gasteiger partial charge in [0, 0.05) is 57.1 Å². The van der Waals surface area contributed by atoms with Crippen molar-refractivity contribution in [1.29, 1.82) is 0 Å². The Morgan fingerprint density at radius 3 is 2.31 bits per heavy atom. The van der Waals surface area contributed by atoms with Crippen LogP contribution in [0.4, 0.5) is 17.1 Å². The predicted octanol–water partition coefficient (Wildman–Crippen LogP) is 2.97. The summed E-state index contributed by atoms with van der Waals surface area (Å²) in [5.41, 5.74) is 5.56. The molecule has 8 nitrogen and oxygen atoms in total. The number of hydroxylamine groups is 1. The topological polar surface area (TPSA) is 82.1 Å². The van der Waals surface area contributed by atoms with Gasteiger partial charge in [0.2, 0.25) is 0 Å². The van der Waals surface area contributed by atoms with E-state index in [1.165, 1.54) is 16.8 Å². The maximum absolute atomic E-state index is 13.7. The zero-order valence-corrected chi connectivity index (χ0v) is 21.4. The zero-order valence-electron chi connectivity index (χ0n) is 20.6. The SMILES string of the molecule is Cc1ccc(N2CCN(C(=O)c3ccc([N+]4([O-])CCC[S+]4[O-])cc3N3CCOCC3)CC2)c(C)c1. The van der Waals surface area contributed by atoms with E-state index in [2.05, 4.69) is 41.8 Å². The number of rotatable bonds is 4. The maximum atomic E-state index is 13.7. The largest absolute Gasteiger partial charge is 0.581 e. The van der Waals surface area contributed by atoms with Crippen LogP contribution in [0.1, 0.15) is 27.9 Å². The van der Waals surface area contributed by atoms with Crippen LogP contribution >= 0.6 is 0 Å². The fourth-order valence-electron chi connectivity index (χ4n) is 5.35. The third-order valence-electron chi connectivity index (χ3n) is 7.32. The Kier molecular flexibility index (Phi) is 6.96. The third-order valence-corrected chi connectivity index (χ3v) is 9.01. The van der Waals surface area contributed by atoms with Gasteiger partial charge in [0.15, 0.2) is 22.8 Å². The highest BCUT2D eigenvalue weighted by Gasteiger charge is 2.41. The van der Waals surface area contributed by atoms with Gasteiger partial charge < -0.3 is 29.2 Å². The highest BCUT2D eigenvalue weighted by Crippen LogP contribution is 2.37. The third kappa shape index (κ3) is 4.75. The number of ether oxygens (including phenoxy) is 1. The van der Waals surface area contributed by atoms with Crippen molar-refractivity contribution < 1.29 is 14.1 Å². The van der Waals surface area contributed by atoms with Crippen LogP contribution < -0.4 is 13.9 Å². The van der Waals surface area contributed by atoms with Crippen LogP contribution in [0.3, 0.4) is 0 Å². The molecule has 3 aliphatic heterocycles. The van der Waals surface area contributed by atoms with Crippen molar-refractivity contribution in [2.45, 2.75) is 20.3 Å². The van der Waals surface area contributed by atoms with Gasteiger partial charge in [-0.15, -0.1) is 4.05 Å². The number of carbonyl (C=O) groups excluding carboxylic acids is 1. The first-order valence-electron chi connectivity index (χ1n) is 12.4. The molecule has 9 heteroatoms. The first-order chi connectivity index (χ1) is 16.9. The highest BCUT2D eigenvalue weighted by atomic mass is 32.2. The molecule has 3 fully saturated rings. The number of carbonyl (C=O) groups is 1. The van der Waals surface area contributed by atoms with E-state index >= 15 is 0 Å². The van der Waals surface area contributed by atoms with Gasteiger partial charge in [-0.1, -0.05) is 17.7 Å². The summed E-state index contributed by atoms with van der Waals surface area (Å²) in [6, 6.07) is 11.8. The van der Waals surface area contributed by atoms with Crippen molar-refractivity contribution in [1.82, 2.24) is 8.95 Å². The van der Waals surface area contributed by atoms with Crippen LogP contribution in [-0.4, -0.2) is 80.1 Å². The quantitative estimate of drug-likeness (QED) is 0.366. The molecule has 2 aromatic carbocycles. The summed E-state index contributed by atoms with van der Waals surface area (Å²) >= 11 is -1.50. The molecule has 188 valence electrons. The molecule has 1 amide bonds. The van der Waals surface area contributed by atoms with Crippen molar-refractivity contribution in [3.8, 4) is 0 Å². The van der Waals surface area contributed by atoms with Crippen LogP contribution in [0.2, 0.25) is 0 Å². The normalized spacial score (nSPS) is 25.3. The van der Waals surface area contributed by atoms with Gasteiger partial charge in [-0.25, -0.2) is 0 Å². The molecular weight excluding hydrogens is 464 g/mol. The van der Waals surface area contributed by atoms with Gasteiger partial charge in [-0.05, 0) is 31.5 Å². The lowest BCUT2D eigenvalue weighted by molar-refractivity contribution is 0.0746. The minimum Gasteiger partial charge on any atom is -0.581 e. The summed E-state index contributed by atoms with van der Waals surface area (Å²) in [5.74, 6) is 0.403. The summed E-state index contributed by atoms with van der Waals surface area (Å²) < 4.78 is 17.2. The van der Waals surface area contributed by atoms with E-state index in [1.807, 2.05) is 4.90 Å². The van der Waals surface area contributed by atoms with Crippen molar-refractivity contribution >= 4 is 34.3 Å². The smallest absolute Gasteiger partial charge is 0.256 e. The molecule has 35 heavy (non-hydrogen) atoms. The lowest BCUT2D eigenvalue weighted by Crippen LogP contribution is -2.49. The van der Waals surface area contributed by atoms with Gasteiger partial charge in [0.25, 0.3) is 5.91 Å². The molecule has 0 radical (unpaired) electrons. The molecular formula is C26H34N4O4S. The van der Waals surface area contributed by atoms with Crippen LogP contribution in [-0.2, 0) is 16.1 Å². The van der Waals surface area contributed by atoms with Crippen molar-refractivity contribution in [2.75, 3.05) is 74.6 Å². The summed E-state index contributed by atoms with van der Waals surface area (Å²) in [5, 5.41) is 13.4. The number of amides is 1. The van der Waals surface area contributed by atoms with Gasteiger partial charge in [0.1, 0.15) is 6.54 Å². The molecule has 3 heterocycles.